The lowest BCUT2D eigenvalue weighted by Gasteiger charge is -2.22. The van der Waals surface area contributed by atoms with Crippen LogP contribution in [0.1, 0.15) is 63.0 Å². The van der Waals surface area contributed by atoms with Crippen molar-refractivity contribution in [3.05, 3.63) is 35.4 Å². The summed E-state index contributed by atoms with van der Waals surface area (Å²) in [5.74, 6) is 1.13. The molecule has 1 aromatic carbocycles. The van der Waals surface area contributed by atoms with E-state index >= 15 is 0 Å². The van der Waals surface area contributed by atoms with E-state index in [-0.39, 0.29) is 0 Å². The van der Waals surface area contributed by atoms with Gasteiger partial charge in [-0.15, -0.1) is 0 Å². The molecule has 0 radical (unpaired) electrons. The molecule has 0 saturated carbocycles. The number of benzene rings is 1. The molecule has 7 heteroatoms. The molecule has 0 atom stereocenters. The van der Waals surface area contributed by atoms with Gasteiger partial charge in [-0.2, -0.15) is 0 Å². The van der Waals surface area contributed by atoms with E-state index in [0.29, 0.717) is 31.6 Å². The number of nitrogens with zero attached hydrogens (tertiary/aromatic N) is 2. The molecule has 0 spiro atoms. The SMILES string of the molecule is CCNC(=NCc1ccc(COC2CCOCC2)cc1)NCCCN1CCCCCC1=O. The first kappa shape index (κ1) is 24.5. The Balaban J connectivity index is 1.39. The summed E-state index contributed by atoms with van der Waals surface area (Å²) in [5.41, 5.74) is 2.37. The Kier molecular flexibility index (Phi) is 10.8. The molecule has 2 aliphatic heterocycles. The predicted octanol–water partition coefficient (Wildman–Crippen LogP) is 3.23. The monoisotopic (exact) mass is 444 g/mol. The lowest BCUT2D eigenvalue weighted by Crippen LogP contribution is -2.39. The Morgan fingerprint density at radius 2 is 1.91 bits per heavy atom. The minimum Gasteiger partial charge on any atom is -0.381 e. The van der Waals surface area contributed by atoms with E-state index in [4.69, 9.17) is 14.5 Å². The minimum absolute atomic E-state index is 0.310. The van der Waals surface area contributed by atoms with Crippen molar-refractivity contribution >= 4 is 11.9 Å². The number of hydrogen-bond donors (Lipinski definition) is 2. The number of guanidine groups is 1. The van der Waals surface area contributed by atoms with Crippen LogP contribution in [0.5, 0.6) is 0 Å². The van der Waals surface area contributed by atoms with Crippen molar-refractivity contribution in [2.75, 3.05) is 39.4 Å². The van der Waals surface area contributed by atoms with Gasteiger partial charge in [0.05, 0.1) is 19.3 Å². The van der Waals surface area contributed by atoms with Gasteiger partial charge in [0.25, 0.3) is 0 Å². The van der Waals surface area contributed by atoms with Crippen LogP contribution in [0.4, 0.5) is 0 Å². The number of carbonyl (C=O) groups excluding carboxylic acids is 1. The Morgan fingerprint density at radius 3 is 2.69 bits per heavy atom. The smallest absolute Gasteiger partial charge is 0.222 e. The fraction of sp³-hybridized carbons (Fsp3) is 0.680. The number of rotatable bonds is 10. The van der Waals surface area contributed by atoms with E-state index < -0.39 is 0 Å². The molecular formula is C25H40N4O3. The first-order chi connectivity index (χ1) is 15.7. The van der Waals surface area contributed by atoms with Gasteiger partial charge in [-0.3, -0.25) is 4.79 Å². The van der Waals surface area contributed by atoms with E-state index in [1.807, 2.05) is 4.90 Å². The average molecular weight is 445 g/mol. The molecule has 1 amide bonds. The van der Waals surface area contributed by atoms with E-state index in [1.165, 1.54) is 17.5 Å². The van der Waals surface area contributed by atoms with Crippen molar-refractivity contribution in [1.29, 1.82) is 0 Å². The molecule has 3 rings (SSSR count). The first-order valence-corrected chi connectivity index (χ1v) is 12.3. The second-order valence-electron chi connectivity index (χ2n) is 8.61. The largest absolute Gasteiger partial charge is 0.381 e. The predicted molar refractivity (Wildman–Crippen MR) is 128 cm³/mol. The van der Waals surface area contributed by atoms with Gasteiger partial charge < -0.3 is 25.0 Å². The van der Waals surface area contributed by atoms with Gasteiger partial charge in [-0.05, 0) is 50.2 Å². The quantitative estimate of drug-likeness (QED) is 0.329. The molecule has 2 aliphatic rings. The van der Waals surface area contributed by atoms with E-state index in [2.05, 4.69) is 41.8 Å². The molecule has 2 N–H and O–H groups in total. The number of aliphatic imine (C=N–C) groups is 1. The molecule has 2 heterocycles. The van der Waals surface area contributed by atoms with Crippen molar-refractivity contribution in [1.82, 2.24) is 15.5 Å². The van der Waals surface area contributed by atoms with Gasteiger partial charge in [0.1, 0.15) is 0 Å². The summed E-state index contributed by atoms with van der Waals surface area (Å²) in [7, 11) is 0. The molecule has 0 aromatic heterocycles. The Morgan fingerprint density at radius 1 is 1.12 bits per heavy atom. The summed E-state index contributed by atoms with van der Waals surface area (Å²) in [5, 5.41) is 6.71. The molecule has 0 unspecified atom stereocenters. The zero-order valence-corrected chi connectivity index (χ0v) is 19.6. The van der Waals surface area contributed by atoms with E-state index in [1.54, 1.807) is 0 Å². The third-order valence-electron chi connectivity index (χ3n) is 6.01. The third-order valence-corrected chi connectivity index (χ3v) is 6.01. The maximum Gasteiger partial charge on any atom is 0.222 e. The van der Waals surface area contributed by atoms with Crippen LogP contribution >= 0.6 is 0 Å². The van der Waals surface area contributed by atoms with Crippen molar-refractivity contribution in [2.45, 2.75) is 71.1 Å². The summed E-state index contributed by atoms with van der Waals surface area (Å²) >= 11 is 0. The summed E-state index contributed by atoms with van der Waals surface area (Å²) < 4.78 is 11.4. The molecule has 0 bridgehead atoms. The highest BCUT2D eigenvalue weighted by Crippen LogP contribution is 2.14. The van der Waals surface area contributed by atoms with Crippen LogP contribution in [0.2, 0.25) is 0 Å². The zero-order valence-electron chi connectivity index (χ0n) is 19.6. The van der Waals surface area contributed by atoms with Gasteiger partial charge in [0.15, 0.2) is 5.96 Å². The standard InChI is InChI=1S/C25H40N4O3/c1-2-26-25(27-14-6-16-29-15-5-3-4-7-24(29)30)28-19-21-8-10-22(11-9-21)20-32-23-12-17-31-18-13-23/h8-11,23H,2-7,12-20H2,1H3,(H2,26,27,28). The van der Waals surface area contributed by atoms with Gasteiger partial charge in [-0.1, -0.05) is 30.7 Å². The van der Waals surface area contributed by atoms with E-state index in [0.717, 1.165) is 77.5 Å². The molecule has 7 nitrogen and oxygen atoms in total. The average Bonchev–Trinajstić information content (AvgIpc) is 3.04. The van der Waals surface area contributed by atoms with Gasteiger partial charge in [-0.25, -0.2) is 4.99 Å². The lowest BCUT2D eigenvalue weighted by molar-refractivity contribution is -0.130. The van der Waals surface area contributed by atoms with Gasteiger partial charge in [0, 0.05) is 45.8 Å². The van der Waals surface area contributed by atoms with Crippen molar-refractivity contribution in [3.8, 4) is 0 Å². The molecule has 1 aromatic rings. The third kappa shape index (κ3) is 8.79. The highest BCUT2D eigenvalue weighted by molar-refractivity contribution is 5.79. The highest BCUT2D eigenvalue weighted by atomic mass is 16.5. The molecule has 32 heavy (non-hydrogen) atoms. The second kappa shape index (κ2) is 14.1. The number of amides is 1. The summed E-state index contributed by atoms with van der Waals surface area (Å²) in [6, 6.07) is 8.51. The number of carbonyl (C=O) groups is 1. The maximum absolute atomic E-state index is 12.1. The van der Waals surface area contributed by atoms with Crippen LogP contribution < -0.4 is 10.6 Å². The van der Waals surface area contributed by atoms with E-state index in [9.17, 15) is 4.79 Å². The van der Waals surface area contributed by atoms with Crippen LogP contribution in [0.15, 0.2) is 29.3 Å². The molecule has 0 aliphatic carbocycles. The minimum atomic E-state index is 0.310. The first-order valence-electron chi connectivity index (χ1n) is 12.3. The van der Waals surface area contributed by atoms with Crippen molar-refractivity contribution in [2.24, 2.45) is 4.99 Å². The van der Waals surface area contributed by atoms with Crippen LogP contribution in [-0.2, 0) is 27.4 Å². The Hall–Kier alpha value is -2.12. The van der Waals surface area contributed by atoms with Crippen molar-refractivity contribution < 1.29 is 14.3 Å². The summed E-state index contributed by atoms with van der Waals surface area (Å²) in [6.07, 6.45) is 7.26. The van der Waals surface area contributed by atoms with Crippen LogP contribution in [0, 0.1) is 0 Å². The van der Waals surface area contributed by atoms with Crippen LogP contribution in [-0.4, -0.2) is 62.3 Å². The zero-order chi connectivity index (χ0) is 22.4. The number of hydrogen-bond acceptors (Lipinski definition) is 4. The second-order valence-corrected chi connectivity index (χ2v) is 8.61. The lowest BCUT2D eigenvalue weighted by atomic mass is 10.1. The van der Waals surface area contributed by atoms with Gasteiger partial charge >= 0.3 is 0 Å². The molecular weight excluding hydrogens is 404 g/mol. The Bertz CT molecular complexity index is 702. The molecule has 178 valence electrons. The summed E-state index contributed by atoms with van der Waals surface area (Å²) in [4.78, 5) is 18.8. The summed E-state index contributed by atoms with van der Waals surface area (Å²) in [6.45, 7) is 8.31. The maximum atomic E-state index is 12.1. The normalized spacial score (nSPS) is 18.5. The number of nitrogens with one attached hydrogen (secondary N) is 2. The Labute approximate surface area is 192 Å². The van der Waals surface area contributed by atoms with Crippen LogP contribution in [0.25, 0.3) is 0 Å². The fourth-order valence-electron chi connectivity index (χ4n) is 4.06. The number of ether oxygens (including phenoxy) is 2. The number of likely N-dealkylation sites (tertiary alicyclic amines) is 1. The van der Waals surface area contributed by atoms with Gasteiger partial charge in [0.2, 0.25) is 5.91 Å². The fourth-order valence-corrected chi connectivity index (χ4v) is 4.06. The topological polar surface area (TPSA) is 75.2 Å². The van der Waals surface area contributed by atoms with Crippen LogP contribution in [0.3, 0.4) is 0 Å². The highest BCUT2D eigenvalue weighted by Gasteiger charge is 2.16. The molecule has 2 fully saturated rings. The van der Waals surface area contributed by atoms with Crippen molar-refractivity contribution in [3.63, 3.8) is 0 Å². The molecule has 2 saturated heterocycles.